The standard InChI is InChI=1S/C21H19F3N4O3/c1-27(2)14-9-7-13(8-10-14)11-17-19(30)28(20(31)26-17)12-18(29)25-16-6-4-3-5-15(16)21(22,23)24/h3-11H,12H2,1-2H3,(H,25,29)(H,26,31)/b17-11+. The van der Waals surface area contributed by atoms with Crippen LogP contribution in [0.1, 0.15) is 11.1 Å². The molecule has 0 aliphatic carbocycles. The van der Waals surface area contributed by atoms with Crippen LogP contribution in [-0.4, -0.2) is 43.4 Å². The largest absolute Gasteiger partial charge is 0.418 e. The average molecular weight is 432 g/mol. The van der Waals surface area contributed by atoms with Crippen LogP contribution < -0.4 is 15.5 Å². The summed E-state index contributed by atoms with van der Waals surface area (Å²) < 4.78 is 39.2. The molecule has 2 N–H and O–H groups in total. The molecule has 0 saturated carbocycles. The topological polar surface area (TPSA) is 81.8 Å². The third kappa shape index (κ3) is 5.03. The summed E-state index contributed by atoms with van der Waals surface area (Å²) in [7, 11) is 3.76. The maximum absolute atomic E-state index is 13.1. The number of hydrogen-bond acceptors (Lipinski definition) is 4. The van der Waals surface area contributed by atoms with Crippen molar-refractivity contribution in [3.05, 3.63) is 65.4 Å². The highest BCUT2D eigenvalue weighted by Crippen LogP contribution is 2.34. The maximum atomic E-state index is 13.1. The number of alkyl halides is 3. The molecule has 1 aliphatic heterocycles. The van der Waals surface area contributed by atoms with Crippen LogP contribution in [0.2, 0.25) is 0 Å². The maximum Gasteiger partial charge on any atom is 0.418 e. The molecule has 0 spiro atoms. The first-order valence-electron chi connectivity index (χ1n) is 9.14. The van der Waals surface area contributed by atoms with Crippen molar-refractivity contribution < 1.29 is 27.6 Å². The lowest BCUT2D eigenvalue weighted by Gasteiger charge is -2.15. The van der Waals surface area contributed by atoms with Gasteiger partial charge < -0.3 is 15.5 Å². The van der Waals surface area contributed by atoms with Crippen LogP contribution in [0, 0.1) is 0 Å². The molecule has 0 unspecified atom stereocenters. The van der Waals surface area contributed by atoms with Crippen LogP contribution in [0.4, 0.5) is 29.3 Å². The molecule has 2 aromatic carbocycles. The number of nitrogens with one attached hydrogen (secondary N) is 2. The van der Waals surface area contributed by atoms with E-state index in [0.29, 0.717) is 10.5 Å². The van der Waals surface area contributed by atoms with E-state index in [9.17, 15) is 27.6 Å². The number of benzene rings is 2. The summed E-state index contributed by atoms with van der Waals surface area (Å²) in [4.78, 5) is 39.4. The number of nitrogens with zero attached hydrogens (tertiary/aromatic N) is 2. The summed E-state index contributed by atoms with van der Waals surface area (Å²) in [5, 5.41) is 4.48. The van der Waals surface area contributed by atoms with Crippen LogP contribution in [0.25, 0.3) is 6.08 Å². The van der Waals surface area contributed by atoms with Gasteiger partial charge in [0.25, 0.3) is 5.91 Å². The molecule has 4 amide bonds. The number of anilines is 2. The van der Waals surface area contributed by atoms with E-state index in [-0.39, 0.29) is 5.70 Å². The van der Waals surface area contributed by atoms with Crippen LogP contribution in [0.15, 0.2) is 54.2 Å². The van der Waals surface area contributed by atoms with Gasteiger partial charge in [-0.25, -0.2) is 9.69 Å². The minimum Gasteiger partial charge on any atom is -0.378 e. The molecule has 1 heterocycles. The summed E-state index contributed by atoms with van der Waals surface area (Å²) >= 11 is 0. The number of rotatable bonds is 5. The van der Waals surface area contributed by atoms with Crippen molar-refractivity contribution >= 4 is 35.3 Å². The Kier molecular flexibility index (Phi) is 6.00. The Balaban J connectivity index is 1.71. The van der Waals surface area contributed by atoms with Gasteiger partial charge in [-0.1, -0.05) is 24.3 Å². The second-order valence-corrected chi connectivity index (χ2v) is 6.96. The monoisotopic (exact) mass is 432 g/mol. The van der Waals surface area contributed by atoms with Gasteiger partial charge in [-0.3, -0.25) is 9.59 Å². The van der Waals surface area contributed by atoms with Gasteiger partial charge in [0.05, 0.1) is 11.3 Å². The van der Waals surface area contributed by atoms with Gasteiger partial charge in [-0.15, -0.1) is 0 Å². The van der Waals surface area contributed by atoms with Gasteiger partial charge in [0.1, 0.15) is 12.2 Å². The number of urea groups is 1. The zero-order chi connectivity index (χ0) is 22.8. The molecule has 2 aromatic rings. The van der Waals surface area contributed by atoms with E-state index in [1.807, 2.05) is 31.1 Å². The first-order valence-corrected chi connectivity index (χ1v) is 9.14. The van der Waals surface area contributed by atoms with Crippen LogP contribution in [-0.2, 0) is 15.8 Å². The van der Waals surface area contributed by atoms with E-state index >= 15 is 0 Å². The average Bonchev–Trinajstić information content (AvgIpc) is 2.95. The highest BCUT2D eigenvalue weighted by molar-refractivity contribution is 6.16. The molecular weight excluding hydrogens is 413 g/mol. The molecule has 31 heavy (non-hydrogen) atoms. The Morgan fingerprint density at radius 1 is 1.10 bits per heavy atom. The second kappa shape index (κ2) is 8.50. The van der Waals surface area contributed by atoms with Crippen molar-refractivity contribution in [3.63, 3.8) is 0 Å². The fourth-order valence-corrected chi connectivity index (χ4v) is 2.92. The van der Waals surface area contributed by atoms with Crippen LogP contribution >= 0.6 is 0 Å². The van der Waals surface area contributed by atoms with Gasteiger partial charge in [0.2, 0.25) is 5.91 Å². The van der Waals surface area contributed by atoms with Crippen molar-refractivity contribution in [1.82, 2.24) is 10.2 Å². The van der Waals surface area contributed by atoms with Crippen molar-refractivity contribution in [2.75, 3.05) is 30.9 Å². The quantitative estimate of drug-likeness (QED) is 0.561. The summed E-state index contributed by atoms with van der Waals surface area (Å²) in [5.41, 5.74) is 0.0817. The summed E-state index contributed by atoms with van der Waals surface area (Å²) in [6, 6.07) is 10.8. The minimum atomic E-state index is -4.66. The molecular formula is C21H19F3N4O3. The third-order valence-electron chi connectivity index (χ3n) is 4.49. The van der Waals surface area contributed by atoms with Gasteiger partial charge >= 0.3 is 12.2 Å². The van der Waals surface area contributed by atoms with Gasteiger partial charge in [0.15, 0.2) is 0 Å². The van der Waals surface area contributed by atoms with Gasteiger partial charge in [-0.2, -0.15) is 13.2 Å². The SMILES string of the molecule is CN(C)c1ccc(/C=C2/NC(=O)N(CC(=O)Nc3ccccc3C(F)(F)F)C2=O)cc1. The van der Waals surface area contributed by atoms with Crippen molar-refractivity contribution in [3.8, 4) is 0 Å². The number of amides is 4. The molecule has 1 fully saturated rings. The van der Waals surface area contributed by atoms with Crippen molar-refractivity contribution in [2.45, 2.75) is 6.18 Å². The fraction of sp³-hybridized carbons (Fsp3) is 0.190. The molecule has 0 bridgehead atoms. The third-order valence-corrected chi connectivity index (χ3v) is 4.49. The number of hydrogen-bond donors (Lipinski definition) is 2. The first-order chi connectivity index (χ1) is 14.6. The lowest BCUT2D eigenvalue weighted by molar-refractivity contribution is -0.137. The highest BCUT2D eigenvalue weighted by atomic mass is 19.4. The molecule has 0 atom stereocenters. The molecule has 0 radical (unpaired) electrons. The van der Waals surface area contributed by atoms with E-state index in [4.69, 9.17) is 0 Å². The number of carbonyl (C=O) groups excluding carboxylic acids is 3. The number of carbonyl (C=O) groups is 3. The molecule has 0 aromatic heterocycles. The highest BCUT2D eigenvalue weighted by Gasteiger charge is 2.36. The summed E-state index contributed by atoms with van der Waals surface area (Å²) in [6.45, 7) is -0.728. The number of halogens is 3. The second-order valence-electron chi connectivity index (χ2n) is 6.96. The van der Waals surface area contributed by atoms with Crippen LogP contribution in [0.5, 0.6) is 0 Å². The van der Waals surface area contributed by atoms with E-state index in [1.54, 1.807) is 12.1 Å². The smallest absolute Gasteiger partial charge is 0.378 e. The molecule has 1 saturated heterocycles. The van der Waals surface area contributed by atoms with Crippen LogP contribution in [0.3, 0.4) is 0 Å². The van der Waals surface area contributed by atoms with Crippen molar-refractivity contribution in [2.24, 2.45) is 0 Å². The van der Waals surface area contributed by atoms with Gasteiger partial charge in [-0.05, 0) is 35.9 Å². The lowest BCUT2D eigenvalue weighted by atomic mass is 10.1. The van der Waals surface area contributed by atoms with Gasteiger partial charge in [0, 0.05) is 19.8 Å². The van der Waals surface area contributed by atoms with E-state index in [0.717, 1.165) is 17.8 Å². The molecule has 1 aliphatic rings. The lowest BCUT2D eigenvalue weighted by Crippen LogP contribution is -2.38. The Labute approximate surface area is 176 Å². The Hall–Kier alpha value is -3.82. The predicted octanol–water partition coefficient (Wildman–Crippen LogP) is 3.30. The number of imide groups is 1. The molecule has 10 heteroatoms. The first kappa shape index (κ1) is 21.9. The predicted molar refractivity (Wildman–Crippen MR) is 109 cm³/mol. The minimum absolute atomic E-state index is 0.0360. The molecule has 7 nitrogen and oxygen atoms in total. The summed E-state index contributed by atoms with van der Waals surface area (Å²) in [6.07, 6.45) is -3.21. The normalized spacial score (nSPS) is 15.3. The molecule has 162 valence electrons. The summed E-state index contributed by atoms with van der Waals surface area (Å²) in [5.74, 6) is -1.68. The zero-order valence-corrected chi connectivity index (χ0v) is 16.7. The van der Waals surface area contributed by atoms with Crippen molar-refractivity contribution in [1.29, 1.82) is 0 Å². The number of para-hydroxylation sites is 1. The van der Waals surface area contributed by atoms with E-state index < -0.39 is 41.8 Å². The van der Waals surface area contributed by atoms with E-state index in [2.05, 4.69) is 10.6 Å². The molecule has 3 rings (SSSR count). The fourth-order valence-electron chi connectivity index (χ4n) is 2.92. The Morgan fingerprint density at radius 2 is 1.74 bits per heavy atom. The zero-order valence-electron chi connectivity index (χ0n) is 16.7. The van der Waals surface area contributed by atoms with E-state index in [1.165, 1.54) is 18.2 Å². The Morgan fingerprint density at radius 3 is 2.35 bits per heavy atom. The Bertz CT molecular complexity index is 1050.